The number of allylic oxidation sites excluding steroid dienone is 2. The molecule has 3 heteroatoms. The van der Waals surface area contributed by atoms with Crippen LogP contribution in [0, 0.1) is 5.92 Å². The molecule has 1 aromatic rings. The van der Waals surface area contributed by atoms with Gasteiger partial charge in [-0.25, -0.2) is 0 Å². The second kappa shape index (κ2) is 5.21. The van der Waals surface area contributed by atoms with Gasteiger partial charge in [-0.15, -0.1) is 0 Å². The van der Waals surface area contributed by atoms with Crippen molar-refractivity contribution < 1.29 is 9.21 Å². The summed E-state index contributed by atoms with van der Waals surface area (Å²) in [4.78, 5) is 11.7. The number of nitrogens with one attached hydrogen (secondary N) is 1. The summed E-state index contributed by atoms with van der Waals surface area (Å²) in [5, 5.41) is 3.34. The first-order valence-electron chi connectivity index (χ1n) is 6.16. The number of furan rings is 1. The quantitative estimate of drug-likeness (QED) is 0.869. The van der Waals surface area contributed by atoms with Crippen molar-refractivity contribution in [1.29, 1.82) is 0 Å². The molecule has 0 saturated heterocycles. The lowest BCUT2D eigenvalue weighted by Gasteiger charge is -2.22. The first-order valence-corrected chi connectivity index (χ1v) is 6.16. The van der Waals surface area contributed by atoms with Gasteiger partial charge in [-0.05, 0) is 24.5 Å². The summed E-state index contributed by atoms with van der Waals surface area (Å²) in [7, 11) is 0. The van der Waals surface area contributed by atoms with Crippen molar-refractivity contribution in [2.45, 2.75) is 32.6 Å². The molecular formula is C14H19NO2. The number of carbonyl (C=O) groups excluding carboxylic acids is 1. The van der Waals surface area contributed by atoms with Gasteiger partial charge >= 0.3 is 0 Å². The molecule has 17 heavy (non-hydrogen) atoms. The van der Waals surface area contributed by atoms with Crippen molar-refractivity contribution >= 4 is 5.78 Å². The smallest absolute Gasteiger partial charge is 0.158 e. The van der Waals surface area contributed by atoms with Crippen molar-refractivity contribution in [2.24, 2.45) is 5.92 Å². The second-order valence-electron chi connectivity index (χ2n) is 5.03. The fourth-order valence-corrected chi connectivity index (χ4v) is 2.08. The predicted octanol–water partition coefficient (Wildman–Crippen LogP) is 2.86. The molecule has 0 unspecified atom stereocenters. The van der Waals surface area contributed by atoms with E-state index in [2.05, 4.69) is 19.2 Å². The van der Waals surface area contributed by atoms with E-state index in [1.807, 2.05) is 12.1 Å². The van der Waals surface area contributed by atoms with Gasteiger partial charge in [0.2, 0.25) is 0 Å². The highest BCUT2D eigenvalue weighted by Gasteiger charge is 2.23. The Morgan fingerprint density at radius 1 is 1.47 bits per heavy atom. The van der Waals surface area contributed by atoms with Gasteiger partial charge in [0.05, 0.1) is 6.26 Å². The minimum absolute atomic E-state index is 0.184. The third-order valence-corrected chi connectivity index (χ3v) is 2.93. The molecular weight excluding hydrogens is 214 g/mol. The lowest BCUT2D eigenvalue weighted by Crippen LogP contribution is -2.24. The first-order chi connectivity index (χ1) is 8.15. The van der Waals surface area contributed by atoms with Crippen LogP contribution in [0.15, 0.2) is 34.6 Å². The molecule has 1 atom stereocenters. The Bertz CT molecular complexity index is 404. The average molecular weight is 233 g/mol. The van der Waals surface area contributed by atoms with Crippen LogP contribution in [0.1, 0.15) is 38.4 Å². The summed E-state index contributed by atoms with van der Waals surface area (Å²) >= 11 is 0. The summed E-state index contributed by atoms with van der Waals surface area (Å²) in [5.74, 6) is 1.87. The van der Waals surface area contributed by atoms with E-state index in [0.717, 1.165) is 24.4 Å². The maximum Gasteiger partial charge on any atom is 0.158 e. The summed E-state index contributed by atoms with van der Waals surface area (Å²) in [6.07, 6.45) is 4.83. The molecule has 1 N–H and O–H groups in total. The molecule has 0 bridgehead atoms. The summed E-state index contributed by atoms with van der Waals surface area (Å²) < 4.78 is 5.39. The topological polar surface area (TPSA) is 42.2 Å². The van der Waals surface area contributed by atoms with Crippen LogP contribution in [0.2, 0.25) is 0 Å². The van der Waals surface area contributed by atoms with Gasteiger partial charge in [-0.3, -0.25) is 4.79 Å². The van der Waals surface area contributed by atoms with Crippen molar-refractivity contribution in [3.05, 3.63) is 35.9 Å². The standard InChI is InChI=1S/C14H19NO2/c1-10(2)9-15-12-6-11(7-13(16)8-12)14-4-3-5-17-14/h3-5,8,10-11,15H,6-7,9H2,1-2H3/t11-/m1/s1. The van der Waals surface area contributed by atoms with Crippen LogP contribution in [0.5, 0.6) is 0 Å². The van der Waals surface area contributed by atoms with E-state index in [-0.39, 0.29) is 11.7 Å². The molecule has 0 saturated carbocycles. The highest BCUT2D eigenvalue weighted by Crippen LogP contribution is 2.30. The van der Waals surface area contributed by atoms with Crippen molar-refractivity contribution in [3.8, 4) is 0 Å². The van der Waals surface area contributed by atoms with Crippen molar-refractivity contribution in [1.82, 2.24) is 5.32 Å². The van der Waals surface area contributed by atoms with Crippen LogP contribution in [0.3, 0.4) is 0 Å². The molecule has 1 aliphatic carbocycles. The fourth-order valence-electron chi connectivity index (χ4n) is 2.08. The Morgan fingerprint density at radius 2 is 2.29 bits per heavy atom. The summed E-state index contributed by atoms with van der Waals surface area (Å²) in [6, 6.07) is 3.82. The fraction of sp³-hybridized carbons (Fsp3) is 0.500. The van der Waals surface area contributed by atoms with Gasteiger partial charge in [-0.2, -0.15) is 0 Å². The van der Waals surface area contributed by atoms with Gasteiger partial charge in [0, 0.05) is 30.7 Å². The van der Waals surface area contributed by atoms with Crippen LogP contribution in [0.25, 0.3) is 0 Å². The lowest BCUT2D eigenvalue weighted by molar-refractivity contribution is -0.115. The van der Waals surface area contributed by atoms with E-state index < -0.39 is 0 Å². The maximum absolute atomic E-state index is 11.7. The first kappa shape index (κ1) is 12.0. The summed E-state index contributed by atoms with van der Waals surface area (Å²) in [5.41, 5.74) is 1.04. The van der Waals surface area contributed by atoms with Gasteiger partial charge in [0.1, 0.15) is 5.76 Å². The van der Waals surface area contributed by atoms with Crippen LogP contribution < -0.4 is 5.32 Å². The zero-order valence-corrected chi connectivity index (χ0v) is 10.4. The summed E-state index contributed by atoms with van der Waals surface area (Å²) in [6.45, 7) is 5.22. The zero-order chi connectivity index (χ0) is 12.3. The zero-order valence-electron chi connectivity index (χ0n) is 10.4. The largest absolute Gasteiger partial charge is 0.469 e. The predicted molar refractivity (Wildman–Crippen MR) is 66.6 cm³/mol. The molecule has 2 rings (SSSR count). The average Bonchev–Trinajstić information content (AvgIpc) is 2.79. The maximum atomic E-state index is 11.7. The second-order valence-corrected chi connectivity index (χ2v) is 5.03. The molecule has 1 aromatic heterocycles. The van der Waals surface area contributed by atoms with Crippen molar-refractivity contribution in [2.75, 3.05) is 6.54 Å². The normalized spacial score (nSPS) is 20.5. The van der Waals surface area contributed by atoms with E-state index >= 15 is 0 Å². The van der Waals surface area contributed by atoms with Gasteiger partial charge in [0.25, 0.3) is 0 Å². The van der Waals surface area contributed by atoms with Gasteiger partial charge in [0.15, 0.2) is 5.78 Å². The SMILES string of the molecule is CC(C)CNC1=CC(=O)C[C@H](c2ccco2)C1. The van der Waals surface area contributed by atoms with Crippen LogP contribution >= 0.6 is 0 Å². The highest BCUT2D eigenvalue weighted by atomic mass is 16.3. The van der Waals surface area contributed by atoms with Crippen LogP contribution in [-0.4, -0.2) is 12.3 Å². The molecule has 0 spiro atoms. The Morgan fingerprint density at radius 3 is 2.94 bits per heavy atom. The molecule has 1 heterocycles. The van der Waals surface area contributed by atoms with E-state index in [0.29, 0.717) is 12.3 Å². The highest BCUT2D eigenvalue weighted by molar-refractivity contribution is 5.91. The Kier molecular flexibility index (Phi) is 3.67. The van der Waals surface area contributed by atoms with E-state index in [4.69, 9.17) is 4.42 Å². The van der Waals surface area contributed by atoms with Gasteiger partial charge < -0.3 is 9.73 Å². The molecule has 0 aromatic carbocycles. The molecule has 0 radical (unpaired) electrons. The van der Waals surface area contributed by atoms with Gasteiger partial charge in [-0.1, -0.05) is 13.8 Å². The number of carbonyl (C=O) groups is 1. The van der Waals surface area contributed by atoms with E-state index in [9.17, 15) is 4.79 Å². The Balaban J connectivity index is 2.02. The van der Waals surface area contributed by atoms with Crippen molar-refractivity contribution in [3.63, 3.8) is 0 Å². The number of rotatable bonds is 4. The molecule has 92 valence electrons. The third-order valence-electron chi connectivity index (χ3n) is 2.93. The van der Waals surface area contributed by atoms with E-state index in [1.54, 1.807) is 12.3 Å². The minimum atomic E-state index is 0.184. The number of hydrogen-bond acceptors (Lipinski definition) is 3. The molecule has 0 aliphatic heterocycles. The minimum Gasteiger partial charge on any atom is -0.469 e. The monoisotopic (exact) mass is 233 g/mol. The third kappa shape index (κ3) is 3.22. The number of hydrogen-bond donors (Lipinski definition) is 1. The van der Waals surface area contributed by atoms with Crippen LogP contribution in [-0.2, 0) is 4.79 Å². The Labute approximate surface area is 102 Å². The molecule has 3 nitrogen and oxygen atoms in total. The molecule has 1 aliphatic rings. The number of ketones is 1. The van der Waals surface area contributed by atoms with E-state index in [1.165, 1.54) is 0 Å². The lowest BCUT2D eigenvalue weighted by atomic mass is 9.89. The molecule has 0 amide bonds. The molecule has 0 fully saturated rings. The Hall–Kier alpha value is -1.51. The van der Waals surface area contributed by atoms with Crippen LogP contribution in [0.4, 0.5) is 0 Å².